The summed E-state index contributed by atoms with van der Waals surface area (Å²) in [6, 6.07) is 8.70. The predicted octanol–water partition coefficient (Wildman–Crippen LogP) is 4.74. The molecule has 2 aliphatic carbocycles. The Morgan fingerprint density at radius 1 is 1.25 bits per heavy atom. The molecule has 1 heterocycles. The number of Topliss-reactive ketones (excluding diaryl/α,β-unsaturated/α-hetero) is 1. The van der Waals surface area contributed by atoms with Crippen LogP contribution in [-0.2, 0) is 16.6 Å². The second-order valence-corrected chi connectivity index (χ2v) is 9.96. The smallest absolute Gasteiger partial charge is 0.318 e. The quantitative estimate of drug-likeness (QED) is 0.631. The number of carbonyl (C=O) groups is 2. The van der Waals surface area contributed by atoms with Gasteiger partial charge in [0.1, 0.15) is 0 Å². The van der Waals surface area contributed by atoms with Gasteiger partial charge in [-0.1, -0.05) is 37.6 Å². The van der Waals surface area contributed by atoms with Gasteiger partial charge in [0.15, 0.2) is 5.78 Å². The minimum atomic E-state index is -3.04. The number of nitrogens with one attached hydrogen (secondary N) is 1. The molecule has 32 heavy (non-hydrogen) atoms. The first-order valence-corrected chi connectivity index (χ1v) is 11.7. The molecular weight excluding hydrogens is 412 g/mol. The average Bonchev–Trinajstić information content (AvgIpc) is 3.25. The zero-order chi connectivity index (χ0) is 23.0. The number of nitriles is 1. The zero-order valence-electron chi connectivity index (χ0n) is 18.6. The standard InChI is InChI=1S/C25H31F2N3O2/c1-2-8-25(26,27)14-20(21(31)15-23(16-28)10-11-23)29-22(32)30-13-12-24(17-30)9-7-18-5-3-4-6-19(18)24/h3-6,20H,2,7-15,17H2,1H3,(H,29,32)/t20-,24?/m0/s1. The molecule has 2 atom stereocenters. The van der Waals surface area contributed by atoms with E-state index in [2.05, 4.69) is 23.5 Å². The van der Waals surface area contributed by atoms with Crippen molar-refractivity contribution in [2.24, 2.45) is 5.41 Å². The summed E-state index contributed by atoms with van der Waals surface area (Å²) < 4.78 is 28.8. The molecule has 0 aromatic heterocycles. The summed E-state index contributed by atoms with van der Waals surface area (Å²) in [6.07, 6.45) is 3.16. The normalized spacial score (nSPS) is 24.1. The number of hydrogen-bond donors (Lipinski definition) is 1. The van der Waals surface area contributed by atoms with Crippen molar-refractivity contribution in [2.45, 2.75) is 82.1 Å². The average molecular weight is 444 g/mol. The Hall–Kier alpha value is -2.49. The molecule has 1 saturated carbocycles. The number of hydrogen-bond acceptors (Lipinski definition) is 3. The van der Waals surface area contributed by atoms with Crippen LogP contribution < -0.4 is 5.32 Å². The van der Waals surface area contributed by atoms with Gasteiger partial charge in [-0.15, -0.1) is 0 Å². The van der Waals surface area contributed by atoms with Crippen LogP contribution in [0.3, 0.4) is 0 Å². The number of nitrogens with zero attached hydrogens (tertiary/aromatic N) is 2. The Labute approximate surface area is 188 Å². The summed E-state index contributed by atoms with van der Waals surface area (Å²) in [5.74, 6) is -3.50. The van der Waals surface area contributed by atoms with E-state index in [4.69, 9.17) is 0 Å². The number of likely N-dealkylation sites (tertiary alicyclic amines) is 1. The largest absolute Gasteiger partial charge is 0.328 e. The highest BCUT2D eigenvalue weighted by Gasteiger charge is 2.48. The summed E-state index contributed by atoms with van der Waals surface area (Å²) in [5.41, 5.74) is 1.78. The molecule has 1 aromatic rings. The van der Waals surface area contributed by atoms with Crippen molar-refractivity contribution in [1.29, 1.82) is 5.26 Å². The van der Waals surface area contributed by atoms with Crippen LogP contribution >= 0.6 is 0 Å². The van der Waals surface area contributed by atoms with Gasteiger partial charge in [-0.05, 0) is 43.2 Å². The predicted molar refractivity (Wildman–Crippen MR) is 116 cm³/mol. The van der Waals surface area contributed by atoms with E-state index < -0.39 is 35.6 Å². The van der Waals surface area contributed by atoms with Gasteiger partial charge in [-0.3, -0.25) is 4.79 Å². The third-order valence-corrected chi connectivity index (χ3v) is 7.51. The minimum Gasteiger partial charge on any atom is -0.328 e. The van der Waals surface area contributed by atoms with Crippen LogP contribution in [0, 0.1) is 16.7 Å². The molecule has 2 amide bonds. The van der Waals surface area contributed by atoms with E-state index in [0.717, 1.165) is 19.3 Å². The van der Waals surface area contributed by atoms with E-state index >= 15 is 0 Å². The van der Waals surface area contributed by atoms with E-state index in [1.807, 2.05) is 12.1 Å². The van der Waals surface area contributed by atoms with E-state index in [9.17, 15) is 23.6 Å². The number of aryl methyl sites for hydroxylation is 1. The highest BCUT2D eigenvalue weighted by molar-refractivity contribution is 5.89. The van der Waals surface area contributed by atoms with E-state index in [1.165, 1.54) is 11.1 Å². The fourth-order valence-corrected chi connectivity index (χ4v) is 5.42. The van der Waals surface area contributed by atoms with Crippen LogP contribution in [0.2, 0.25) is 0 Å². The number of fused-ring (bicyclic) bond motifs is 2. The fourth-order valence-electron chi connectivity index (χ4n) is 5.42. The Kier molecular flexibility index (Phi) is 6.00. The number of amides is 2. The second-order valence-electron chi connectivity index (χ2n) is 9.96. The first-order valence-electron chi connectivity index (χ1n) is 11.7. The third kappa shape index (κ3) is 4.51. The third-order valence-electron chi connectivity index (χ3n) is 7.51. The van der Waals surface area contributed by atoms with Crippen molar-refractivity contribution < 1.29 is 18.4 Å². The molecule has 2 fully saturated rings. The molecule has 0 radical (unpaired) electrons. The van der Waals surface area contributed by atoms with Crippen molar-refractivity contribution in [2.75, 3.05) is 13.1 Å². The van der Waals surface area contributed by atoms with Gasteiger partial charge in [-0.2, -0.15) is 5.26 Å². The summed E-state index contributed by atoms with van der Waals surface area (Å²) in [7, 11) is 0. The van der Waals surface area contributed by atoms with E-state index in [0.29, 0.717) is 25.9 Å². The molecule has 172 valence electrons. The van der Waals surface area contributed by atoms with Crippen LogP contribution in [0.1, 0.15) is 69.4 Å². The molecule has 0 bridgehead atoms. The molecule has 4 rings (SSSR count). The lowest BCUT2D eigenvalue weighted by Gasteiger charge is -2.28. The maximum atomic E-state index is 14.4. The molecule has 1 saturated heterocycles. The van der Waals surface area contributed by atoms with Gasteiger partial charge in [0.05, 0.1) is 17.5 Å². The van der Waals surface area contributed by atoms with Crippen LogP contribution in [0.15, 0.2) is 24.3 Å². The van der Waals surface area contributed by atoms with Crippen molar-refractivity contribution in [1.82, 2.24) is 10.2 Å². The van der Waals surface area contributed by atoms with Gasteiger partial charge in [0.25, 0.3) is 5.92 Å². The molecule has 1 spiro atoms. The number of rotatable bonds is 8. The van der Waals surface area contributed by atoms with E-state index in [1.54, 1.807) is 11.8 Å². The molecule has 1 aliphatic heterocycles. The Morgan fingerprint density at radius 2 is 2.00 bits per heavy atom. The number of ketones is 1. The molecule has 7 heteroatoms. The lowest BCUT2D eigenvalue weighted by molar-refractivity contribution is -0.124. The molecular formula is C25H31F2N3O2. The highest BCUT2D eigenvalue weighted by Crippen LogP contribution is 2.49. The number of benzene rings is 1. The SMILES string of the molecule is CCCC(F)(F)C[C@H](NC(=O)N1CCC2(CCc3ccccc32)C1)C(=O)CC1(C#N)CC1. The van der Waals surface area contributed by atoms with Crippen molar-refractivity contribution in [3.63, 3.8) is 0 Å². The number of urea groups is 1. The zero-order valence-corrected chi connectivity index (χ0v) is 18.6. The van der Waals surface area contributed by atoms with Gasteiger partial charge in [-0.25, -0.2) is 13.6 Å². The lowest BCUT2D eigenvalue weighted by Crippen LogP contribution is -2.50. The summed E-state index contributed by atoms with van der Waals surface area (Å²) in [5, 5.41) is 11.9. The maximum absolute atomic E-state index is 14.4. The Bertz CT molecular complexity index is 937. The first kappa shape index (κ1) is 22.7. The van der Waals surface area contributed by atoms with Crippen molar-refractivity contribution in [3.05, 3.63) is 35.4 Å². The van der Waals surface area contributed by atoms with E-state index in [-0.39, 0.29) is 24.7 Å². The summed E-state index contributed by atoms with van der Waals surface area (Å²) in [6.45, 7) is 2.74. The van der Waals surface area contributed by atoms with Crippen LogP contribution in [0.5, 0.6) is 0 Å². The maximum Gasteiger partial charge on any atom is 0.318 e. The van der Waals surface area contributed by atoms with Crippen LogP contribution in [0.25, 0.3) is 0 Å². The Morgan fingerprint density at radius 3 is 2.69 bits per heavy atom. The fraction of sp³-hybridized carbons (Fsp3) is 0.640. The lowest BCUT2D eigenvalue weighted by atomic mass is 9.81. The molecule has 1 unspecified atom stereocenters. The van der Waals surface area contributed by atoms with Gasteiger partial charge >= 0.3 is 6.03 Å². The number of halogens is 2. The highest BCUT2D eigenvalue weighted by atomic mass is 19.3. The van der Waals surface area contributed by atoms with Gasteiger partial charge < -0.3 is 10.2 Å². The van der Waals surface area contributed by atoms with Gasteiger partial charge in [0, 0.05) is 37.8 Å². The topological polar surface area (TPSA) is 73.2 Å². The van der Waals surface area contributed by atoms with Crippen molar-refractivity contribution in [3.8, 4) is 6.07 Å². The molecule has 1 aromatic carbocycles. The van der Waals surface area contributed by atoms with Crippen LogP contribution in [0.4, 0.5) is 13.6 Å². The molecule has 3 aliphatic rings. The second kappa shape index (κ2) is 8.46. The molecule has 5 nitrogen and oxygen atoms in total. The summed E-state index contributed by atoms with van der Waals surface area (Å²) >= 11 is 0. The van der Waals surface area contributed by atoms with Gasteiger partial charge in [0.2, 0.25) is 0 Å². The van der Waals surface area contributed by atoms with Crippen molar-refractivity contribution >= 4 is 11.8 Å². The minimum absolute atomic E-state index is 0.0754. The summed E-state index contributed by atoms with van der Waals surface area (Å²) in [4.78, 5) is 27.6. The van der Waals surface area contributed by atoms with Crippen LogP contribution in [-0.4, -0.2) is 41.8 Å². The monoisotopic (exact) mass is 443 g/mol. The first-order chi connectivity index (χ1) is 15.2. The number of carbonyl (C=O) groups excluding carboxylic acids is 2. The molecule has 1 N–H and O–H groups in total. The number of alkyl halides is 2. The Balaban J connectivity index is 1.45.